The number of benzene rings is 3. The van der Waals surface area contributed by atoms with Crippen molar-refractivity contribution in [2.75, 3.05) is 13.2 Å². The number of nitrogens with one attached hydrogen (secondary N) is 2. The van der Waals surface area contributed by atoms with Gasteiger partial charge in [0.15, 0.2) is 5.79 Å². The van der Waals surface area contributed by atoms with E-state index in [0.29, 0.717) is 18.7 Å². The van der Waals surface area contributed by atoms with Crippen LogP contribution in [0.5, 0.6) is 0 Å². The summed E-state index contributed by atoms with van der Waals surface area (Å²) in [5, 5.41) is 25.9. The molecule has 1 aliphatic heterocycles. The predicted octanol–water partition coefficient (Wildman–Crippen LogP) is 2.50. The molecule has 0 bridgehead atoms. The van der Waals surface area contributed by atoms with Crippen molar-refractivity contribution in [3.05, 3.63) is 103 Å². The molecule has 0 radical (unpaired) electrons. The third-order valence-corrected chi connectivity index (χ3v) is 7.75. The normalized spacial score (nSPS) is 19.6. The van der Waals surface area contributed by atoms with Crippen LogP contribution in [0.15, 0.2) is 91.5 Å². The molecule has 1 heterocycles. The second-order valence-electron chi connectivity index (χ2n) is 12.2. The topological polar surface area (TPSA) is 146 Å². The Labute approximate surface area is 325 Å². The van der Waals surface area contributed by atoms with Crippen molar-refractivity contribution >= 4 is 24.0 Å². The summed E-state index contributed by atoms with van der Waals surface area (Å²) >= 11 is 0. The van der Waals surface area contributed by atoms with Gasteiger partial charge in [0.25, 0.3) is 0 Å². The summed E-state index contributed by atoms with van der Waals surface area (Å²) in [6.07, 6.45) is 0.788. The van der Waals surface area contributed by atoms with Gasteiger partial charge < -0.3 is 39.9 Å². The summed E-state index contributed by atoms with van der Waals surface area (Å²) in [4.78, 5) is 33.6. The fourth-order valence-corrected chi connectivity index (χ4v) is 5.39. The number of aliphatic hydroxyl groups excluding tert-OH is 1. The van der Waals surface area contributed by atoms with Crippen molar-refractivity contribution in [3.63, 3.8) is 0 Å². The molecule has 1 amide bonds. The van der Waals surface area contributed by atoms with Gasteiger partial charge in [-0.1, -0.05) is 113 Å². The van der Waals surface area contributed by atoms with Crippen LogP contribution in [0.4, 0.5) is 0 Å². The Morgan fingerprint density at radius 2 is 1.55 bits per heavy atom. The van der Waals surface area contributed by atoms with Crippen LogP contribution in [-0.2, 0) is 23.8 Å². The Morgan fingerprint density at radius 1 is 1.00 bits per heavy atom. The van der Waals surface area contributed by atoms with Crippen LogP contribution in [0.3, 0.4) is 0 Å². The van der Waals surface area contributed by atoms with E-state index in [1.807, 2.05) is 36.4 Å². The number of hydrogen-bond donors (Lipinski definition) is 3. The van der Waals surface area contributed by atoms with Crippen LogP contribution in [0, 0.1) is 0 Å². The van der Waals surface area contributed by atoms with Crippen LogP contribution in [-0.4, -0.2) is 66.7 Å². The van der Waals surface area contributed by atoms with Gasteiger partial charge in [-0.25, -0.2) is 4.79 Å². The maximum absolute atomic E-state index is 13.1. The van der Waals surface area contributed by atoms with Gasteiger partial charge in [-0.2, -0.15) is 0 Å². The van der Waals surface area contributed by atoms with E-state index in [2.05, 4.69) is 62.2 Å². The van der Waals surface area contributed by atoms with Crippen molar-refractivity contribution in [3.8, 4) is 11.1 Å². The zero-order valence-corrected chi connectivity index (χ0v) is 32.9. The minimum Gasteiger partial charge on any atom is -0.554 e. The molecule has 5 atom stereocenters. The average molecular weight is 713 g/mol. The molecule has 1 saturated heterocycles. The Hall–Kier alpha value is -3.51. The molecule has 4 rings (SSSR count). The first-order chi connectivity index (χ1) is 24.0. The van der Waals surface area contributed by atoms with E-state index in [0.717, 1.165) is 35.2 Å². The number of aliphatic hydroxyl groups is 1. The van der Waals surface area contributed by atoms with Crippen LogP contribution in [0.1, 0.15) is 82.6 Å². The Bertz CT molecular complexity index is 1440. The molecule has 1 fully saturated rings. The molecular weight excluding hydrogens is 659 g/mol. The fourth-order valence-electron chi connectivity index (χ4n) is 5.39. The summed E-state index contributed by atoms with van der Waals surface area (Å²) in [6.45, 7) is 14.0. The number of ether oxygens (including phenoxy) is 3. The molecule has 272 valence electrons. The van der Waals surface area contributed by atoms with Crippen LogP contribution in [0.2, 0.25) is 0 Å². The molecule has 0 spiro atoms. The van der Waals surface area contributed by atoms with Gasteiger partial charge in [0, 0.05) is 32.1 Å². The summed E-state index contributed by atoms with van der Waals surface area (Å²) in [5.41, 5.74) is 4.31. The summed E-state index contributed by atoms with van der Waals surface area (Å²) in [7, 11) is 0. The van der Waals surface area contributed by atoms with Gasteiger partial charge in [0.2, 0.25) is 5.91 Å². The van der Waals surface area contributed by atoms with E-state index in [1.54, 1.807) is 31.2 Å². The van der Waals surface area contributed by atoms with E-state index in [1.165, 1.54) is 13.3 Å². The van der Waals surface area contributed by atoms with Crippen molar-refractivity contribution in [1.82, 2.24) is 10.6 Å². The molecule has 0 aromatic heterocycles. The third-order valence-electron chi connectivity index (χ3n) is 7.75. The predicted molar refractivity (Wildman–Crippen MR) is 194 cm³/mol. The molecule has 1 aliphatic rings. The van der Waals surface area contributed by atoms with Crippen LogP contribution in [0.25, 0.3) is 16.8 Å². The maximum Gasteiger partial charge on any atom is 1.00 e. The second kappa shape index (κ2) is 24.6. The average Bonchev–Trinajstić information content (AvgIpc) is 3.10. The molecule has 3 unspecified atom stereocenters. The van der Waals surface area contributed by atoms with Crippen molar-refractivity contribution < 1.29 is 68.4 Å². The first-order valence-corrected chi connectivity index (χ1v) is 17.2. The maximum atomic E-state index is 13.1. The zero-order chi connectivity index (χ0) is 36.9. The fraction of sp³-hybridized carbons (Fsp3) is 0.425. The first kappa shape index (κ1) is 45.5. The molecule has 3 aromatic rings. The van der Waals surface area contributed by atoms with Gasteiger partial charge in [-0.05, 0) is 48.6 Å². The molecule has 10 nitrogen and oxygen atoms in total. The van der Waals surface area contributed by atoms with Gasteiger partial charge in [0.05, 0.1) is 24.3 Å². The van der Waals surface area contributed by atoms with E-state index < -0.39 is 42.6 Å². The molecule has 0 saturated carbocycles. The van der Waals surface area contributed by atoms with Gasteiger partial charge in [-0.15, -0.1) is 0 Å². The van der Waals surface area contributed by atoms with Crippen molar-refractivity contribution in [2.45, 2.75) is 96.9 Å². The van der Waals surface area contributed by atoms with E-state index >= 15 is 0 Å². The minimum atomic E-state index is -1.13. The number of unbranched alkanes of at least 4 members (excludes halogenated alkanes) is 1. The van der Waals surface area contributed by atoms with E-state index in [4.69, 9.17) is 24.1 Å². The molecule has 3 N–H and O–H groups in total. The summed E-state index contributed by atoms with van der Waals surface area (Å²) in [5.74, 6) is -1.97. The third kappa shape index (κ3) is 15.7. The molecule has 0 aliphatic carbocycles. The number of esters is 1. The van der Waals surface area contributed by atoms with Gasteiger partial charge in [-0.3, -0.25) is 4.79 Å². The number of amides is 1. The van der Waals surface area contributed by atoms with Crippen molar-refractivity contribution in [1.29, 1.82) is 0 Å². The van der Waals surface area contributed by atoms with E-state index in [-0.39, 0.29) is 48.3 Å². The standard InChI is InChI=1S/C36H44N2O6.C3H8.CH2O2.Na/c1-5-6-23-42-36(4)24-32(43-35(41)30-15-11-8-12-16-30)33(38-26(3)39)34(44-36)31(40)21-22-37-25(2)27-17-19-29(20-18-27)28-13-9-7-10-14-28;1-3-2;2-1-3;/h7-20,31-34,37,40H,2,5-6,21-24H2,1,3-4H3,(H,38,39);3H2,1-2H3;1H,(H,2,3);/q;;;+1/p-1/t31?,32?,33-,34?,36+;;;/m1.../s1. The molecule has 3 aromatic carbocycles. The quantitative estimate of drug-likeness (QED) is 0.0994. The van der Waals surface area contributed by atoms with Crippen molar-refractivity contribution in [2.24, 2.45) is 0 Å². The monoisotopic (exact) mass is 712 g/mol. The number of hydrogen-bond acceptors (Lipinski definition) is 9. The number of carbonyl (C=O) groups excluding carboxylic acids is 3. The number of carboxylic acid groups (broad SMARTS) is 1. The van der Waals surface area contributed by atoms with Crippen LogP contribution < -0.4 is 45.3 Å². The molecule has 51 heavy (non-hydrogen) atoms. The number of rotatable bonds is 14. The van der Waals surface area contributed by atoms with Gasteiger partial charge in [0.1, 0.15) is 12.2 Å². The number of carbonyl (C=O) groups is 3. The first-order valence-electron chi connectivity index (χ1n) is 17.2. The van der Waals surface area contributed by atoms with Crippen LogP contribution >= 0.6 is 0 Å². The summed E-state index contributed by atoms with van der Waals surface area (Å²) in [6, 6.07) is 26.2. The van der Waals surface area contributed by atoms with Gasteiger partial charge >= 0.3 is 35.5 Å². The molecular formula is C40H53N2NaO8. The smallest absolute Gasteiger partial charge is 0.554 e. The summed E-state index contributed by atoms with van der Waals surface area (Å²) < 4.78 is 18.5. The minimum absolute atomic E-state index is 0. The Balaban J connectivity index is 0.00000173. The Morgan fingerprint density at radius 3 is 2.10 bits per heavy atom. The molecule has 11 heteroatoms. The SMILES string of the molecule is C=C(NCCC(O)C1O[C@](C)(OCCCC)CC(OC(=O)c2ccccc2)[C@H]1NC(C)=O)c1ccc(-c2ccccc2)cc1.CCC.O=C[O-].[Na+]. The second-order valence-corrected chi connectivity index (χ2v) is 12.2. The largest absolute Gasteiger partial charge is 1.00 e. The zero-order valence-electron chi connectivity index (χ0n) is 30.9. The van der Waals surface area contributed by atoms with E-state index in [9.17, 15) is 14.7 Å². The Kier molecular flexibility index (Phi) is 22.0.